The summed E-state index contributed by atoms with van der Waals surface area (Å²) in [5, 5.41) is 2.80. The Balaban J connectivity index is 2.05. The van der Waals surface area contributed by atoms with E-state index in [0.717, 1.165) is 15.4 Å². The van der Waals surface area contributed by atoms with Gasteiger partial charge in [-0.2, -0.15) is 0 Å². The van der Waals surface area contributed by atoms with E-state index in [-0.39, 0.29) is 17.3 Å². The lowest BCUT2D eigenvalue weighted by atomic mass is 10.1. The van der Waals surface area contributed by atoms with Gasteiger partial charge in [0.05, 0.1) is 17.7 Å². The highest BCUT2D eigenvalue weighted by atomic mass is 32.2. The Morgan fingerprint density at radius 1 is 0.947 bits per heavy atom. The van der Waals surface area contributed by atoms with Crippen molar-refractivity contribution in [2.24, 2.45) is 0 Å². The molecule has 0 unspecified atom stereocenters. The Morgan fingerprint density at radius 3 is 2.21 bits per heavy atom. The zero-order valence-corrected chi connectivity index (χ0v) is 23.1. The summed E-state index contributed by atoms with van der Waals surface area (Å²) < 4.78 is 33.8. The third-order valence-corrected chi connectivity index (χ3v) is 7.93. The SMILES string of the molecule is CCNC(=O)[C@H](CC)N(Cc1cccc(C)c1)C(=O)CN(c1ccc(OC)cc1)S(=O)(=O)c1ccccc1. The first-order valence-corrected chi connectivity index (χ1v) is 14.0. The average molecular weight is 538 g/mol. The molecular weight excluding hydrogens is 502 g/mol. The van der Waals surface area contributed by atoms with Crippen LogP contribution in [0.15, 0.2) is 83.8 Å². The van der Waals surface area contributed by atoms with Crippen molar-refractivity contribution in [2.75, 3.05) is 24.5 Å². The van der Waals surface area contributed by atoms with Gasteiger partial charge in [0.2, 0.25) is 11.8 Å². The molecule has 3 aromatic rings. The predicted octanol–water partition coefficient (Wildman–Crippen LogP) is 4.14. The maximum absolute atomic E-state index is 13.9. The number of ether oxygens (including phenoxy) is 1. The van der Waals surface area contributed by atoms with Crippen LogP contribution >= 0.6 is 0 Å². The highest BCUT2D eigenvalue weighted by molar-refractivity contribution is 7.92. The molecule has 8 nitrogen and oxygen atoms in total. The first kappa shape index (κ1) is 28.7. The molecule has 0 aromatic heterocycles. The van der Waals surface area contributed by atoms with Crippen LogP contribution in [-0.4, -0.2) is 51.4 Å². The normalized spacial score (nSPS) is 11.9. The molecular formula is C29H35N3O5S. The molecule has 0 saturated heterocycles. The molecule has 0 radical (unpaired) electrons. The molecule has 0 aliphatic carbocycles. The van der Waals surface area contributed by atoms with Gasteiger partial charge in [-0.25, -0.2) is 8.42 Å². The summed E-state index contributed by atoms with van der Waals surface area (Å²) in [6.07, 6.45) is 0.372. The van der Waals surface area contributed by atoms with E-state index in [4.69, 9.17) is 4.74 Å². The van der Waals surface area contributed by atoms with Crippen LogP contribution in [0.4, 0.5) is 5.69 Å². The fraction of sp³-hybridized carbons (Fsp3) is 0.310. The van der Waals surface area contributed by atoms with E-state index < -0.39 is 28.5 Å². The number of nitrogens with one attached hydrogen (secondary N) is 1. The van der Waals surface area contributed by atoms with Gasteiger partial charge in [-0.15, -0.1) is 0 Å². The second kappa shape index (κ2) is 13.1. The number of carbonyl (C=O) groups excluding carboxylic acids is 2. The molecule has 202 valence electrons. The Bertz CT molecular complexity index is 1330. The fourth-order valence-corrected chi connectivity index (χ4v) is 5.65. The molecule has 2 amide bonds. The molecule has 0 fully saturated rings. The minimum atomic E-state index is -4.10. The van der Waals surface area contributed by atoms with Crippen molar-refractivity contribution in [3.63, 3.8) is 0 Å². The second-order valence-corrected chi connectivity index (χ2v) is 10.7. The Morgan fingerprint density at radius 2 is 1.63 bits per heavy atom. The van der Waals surface area contributed by atoms with E-state index in [1.54, 1.807) is 42.5 Å². The number of methoxy groups -OCH3 is 1. The van der Waals surface area contributed by atoms with E-state index in [1.165, 1.54) is 24.1 Å². The van der Waals surface area contributed by atoms with Gasteiger partial charge in [0.15, 0.2) is 0 Å². The molecule has 1 N–H and O–H groups in total. The summed E-state index contributed by atoms with van der Waals surface area (Å²) in [6, 6.07) is 21.4. The Hall–Kier alpha value is -3.85. The highest BCUT2D eigenvalue weighted by Gasteiger charge is 2.33. The van der Waals surface area contributed by atoms with Gasteiger partial charge in [0.25, 0.3) is 10.0 Å². The third kappa shape index (κ3) is 6.92. The second-order valence-electron chi connectivity index (χ2n) is 8.85. The molecule has 0 bridgehead atoms. The van der Waals surface area contributed by atoms with E-state index in [2.05, 4.69) is 5.32 Å². The van der Waals surface area contributed by atoms with Crippen molar-refractivity contribution in [1.29, 1.82) is 0 Å². The number of rotatable bonds is 12. The maximum atomic E-state index is 13.9. The zero-order chi connectivity index (χ0) is 27.7. The van der Waals surface area contributed by atoms with Gasteiger partial charge < -0.3 is 15.0 Å². The average Bonchev–Trinajstić information content (AvgIpc) is 2.92. The molecule has 0 spiro atoms. The maximum Gasteiger partial charge on any atom is 0.264 e. The van der Waals surface area contributed by atoms with Crippen molar-refractivity contribution in [2.45, 2.75) is 44.7 Å². The minimum absolute atomic E-state index is 0.0598. The van der Waals surface area contributed by atoms with Gasteiger partial charge >= 0.3 is 0 Å². The van der Waals surface area contributed by atoms with Crippen molar-refractivity contribution < 1.29 is 22.7 Å². The number of carbonyl (C=O) groups is 2. The fourth-order valence-electron chi connectivity index (χ4n) is 4.22. The van der Waals surface area contributed by atoms with Crippen LogP contribution in [0.5, 0.6) is 5.75 Å². The number of hydrogen-bond donors (Lipinski definition) is 1. The molecule has 38 heavy (non-hydrogen) atoms. The molecule has 0 aliphatic rings. The summed E-state index contributed by atoms with van der Waals surface area (Å²) in [6.45, 7) is 5.70. The lowest BCUT2D eigenvalue weighted by molar-refractivity contribution is -0.140. The molecule has 0 aliphatic heterocycles. The van der Waals surface area contributed by atoms with Gasteiger partial charge in [-0.1, -0.05) is 55.0 Å². The van der Waals surface area contributed by atoms with Crippen molar-refractivity contribution in [1.82, 2.24) is 10.2 Å². The van der Waals surface area contributed by atoms with Crippen LogP contribution in [-0.2, 0) is 26.2 Å². The lowest BCUT2D eigenvalue weighted by Crippen LogP contribution is -2.52. The lowest BCUT2D eigenvalue weighted by Gasteiger charge is -2.33. The van der Waals surface area contributed by atoms with Crippen LogP contribution in [0.25, 0.3) is 0 Å². The Kier molecular flexibility index (Phi) is 9.90. The van der Waals surface area contributed by atoms with Gasteiger partial charge in [-0.05, 0) is 62.2 Å². The predicted molar refractivity (Wildman–Crippen MR) is 148 cm³/mol. The van der Waals surface area contributed by atoms with Crippen LogP contribution in [0.2, 0.25) is 0 Å². The Labute approximate surface area is 225 Å². The molecule has 3 rings (SSSR count). The first-order valence-electron chi connectivity index (χ1n) is 12.6. The van der Waals surface area contributed by atoms with Crippen LogP contribution in [0.1, 0.15) is 31.4 Å². The monoisotopic (exact) mass is 537 g/mol. The quantitative estimate of drug-likeness (QED) is 0.375. The van der Waals surface area contributed by atoms with Crippen LogP contribution in [0, 0.1) is 6.92 Å². The molecule has 1 atom stereocenters. The van der Waals surface area contributed by atoms with Crippen molar-refractivity contribution in [3.8, 4) is 5.75 Å². The van der Waals surface area contributed by atoms with E-state index in [1.807, 2.05) is 45.0 Å². The number of likely N-dealkylation sites (N-methyl/N-ethyl adjacent to an activating group) is 1. The number of aryl methyl sites for hydroxylation is 1. The minimum Gasteiger partial charge on any atom is -0.497 e. The number of hydrogen-bond acceptors (Lipinski definition) is 5. The number of nitrogens with zero attached hydrogens (tertiary/aromatic N) is 2. The van der Waals surface area contributed by atoms with E-state index >= 15 is 0 Å². The number of anilines is 1. The summed E-state index contributed by atoms with van der Waals surface area (Å²) in [7, 11) is -2.58. The molecule has 0 saturated carbocycles. The van der Waals surface area contributed by atoms with E-state index in [0.29, 0.717) is 24.4 Å². The summed E-state index contributed by atoms with van der Waals surface area (Å²) in [5.41, 5.74) is 2.18. The summed E-state index contributed by atoms with van der Waals surface area (Å²) in [4.78, 5) is 28.4. The highest BCUT2D eigenvalue weighted by Crippen LogP contribution is 2.26. The van der Waals surface area contributed by atoms with E-state index in [9.17, 15) is 18.0 Å². The number of benzene rings is 3. The van der Waals surface area contributed by atoms with Gasteiger partial charge in [0, 0.05) is 13.1 Å². The van der Waals surface area contributed by atoms with Gasteiger partial charge in [-0.3, -0.25) is 13.9 Å². The summed E-state index contributed by atoms with van der Waals surface area (Å²) in [5.74, 6) is -0.210. The van der Waals surface area contributed by atoms with Gasteiger partial charge in [0.1, 0.15) is 18.3 Å². The number of amides is 2. The molecule has 0 heterocycles. The standard InChI is InChI=1S/C29H35N3O5S/c1-5-27(29(34)30-6-2)31(20-23-12-10-11-22(3)19-23)28(33)21-32(24-15-17-25(37-4)18-16-24)38(35,36)26-13-8-7-9-14-26/h7-19,27H,5-6,20-21H2,1-4H3,(H,30,34)/t27-/m0/s1. The molecule has 3 aromatic carbocycles. The van der Waals surface area contributed by atoms with Crippen LogP contribution < -0.4 is 14.4 Å². The molecule has 9 heteroatoms. The first-order chi connectivity index (χ1) is 18.2. The van der Waals surface area contributed by atoms with Crippen LogP contribution in [0.3, 0.4) is 0 Å². The largest absolute Gasteiger partial charge is 0.497 e. The summed E-state index contributed by atoms with van der Waals surface area (Å²) >= 11 is 0. The van der Waals surface area contributed by atoms with Crippen molar-refractivity contribution >= 4 is 27.5 Å². The zero-order valence-electron chi connectivity index (χ0n) is 22.3. The third-order valence-electron chi connectivity index (χ3n) is 6.14. The number of sulfonamides is 1. The topological polar surface area (TPSA) is 96.0 Å². The van der Waals surface area contributed by atoms with Crippen molar-refractivity contribution in [3.05, 3.63) is 90.0 Å². The smallest absolute Gasteiger partial charge is 0.264 e.